The smallest absolute Gasteiger partial charge is 0.191 e. The molecule has 1 aromatic carbocycles. The number of thiophene rings is 1. The zero-order chi connectivity index (χ0) is 19.1. The van der Waals surface area contributed by atoms with E-state index in [2.05, 4.69) is 51.2 Å². The van der Waals surface area contributed by atoms with Crippen LogP contribution in [0, 0.1) is 17.2 Å². The van der Waals surface area contributed by atoms with Crippen LogP contribution in [-0.2, 0) is 6.54 Å². The summed E-state index contributed by atoms with van der Waals surface area (Å²) in [5, 5.41) is 18.1. The van der Waals surface area contributed by atoms with Crippen LogP contribution in [0.3, 0.4) is 0 Å². The van der Waals surface area contributed by atoms with Gasteiger partial charge in [-0.1, -0.05) is 18.2 Å². The molecule has 0 spiro atoms. The van der Waals surface area contributed by atoms with Crippen molar-refractivity contribution in [2.75, 3.05) is 27.2 Å². The van der Waals surface area contributed by atoms with Gasteiger partial charge in [0.25, 0.3) is 0 Å². The van der Waals surface area contributed by atoms with E-state index in [1.54, 1.807) is 7.05 Å². The molecule has 2 heterocycles. The molecule has 6 heteroatoms. The van der Waals surface area contributed by atoms with Crippen molar-refractivity contribution in [2.45, 2.75) is 25.4 Å². The lowest BCUT2D eigenvalue weighted by Crippen LogP contribution is -2.44. The quantitative estimate of drug-likeness (QED) is 0.616. The number of piperidine rings is 1. The van der Waals surface area contributed by atoms with Gasteiger partial charge in [0.05, 0.1) is 11.6 Å². The first-order valence-electron chi connectivity index (χ1n) is 9.38. The number of likely N-dealkylation sites (tertiary alicyclic amines) is 1. The molecular formula is C21H27N5S. The molecular weight excluding hydrogens is 354 g/mol. The van der Waals surface area contributed by atoms with Crippen molar-refractivity contribution in [3.63, 3.8) is 0 Å². The molecule has 0 aliphatic carbocycles. The van der Waals surface area contributed by atoms with Gasteiger partial charge in [0.2, 0.25) is 0 Å². The Kier molecular flexibility index (Phi) is 6.86. The Hall–Kier alpha value is -2.36. The van der Waals surface area contributed by atoms with Gasteiger partial charge in [0, 0.05) is 31.1 Å². The van der Waals surface area contributed by atoms with Crippen LogP contribution >= 0.6 is 11.3 Å². The molecule has 0 bridgehead atoms. The molecule has 1 aromatic heterocycles. The van der Waals surface area contributed by atoms with E-state index < -0.39 is 0 Å². The van der Waals surface area contributed by atoms with Gasteiger partial charge in [-0.05, 0) is 61.5 Å². The third-order valence-electron chi connectivity index (χ3n) is 5.11. The molecule has 2 atom stereocenters. The average molecular weight is 382 g/mol. The Morgan fingerprint density at radius 1 is 1.33 bits per heavy atom. The Balaban J connectivity index is 1.57. The van der Waals surface area contributed by atoms with E-state index in [1.165, 1.54) is 17.7 Å². The second-order valence-corrected chi connectivity index (χ2v) is 7.94. The number of aliphatic imine (C=N–C) groups is 1. The van der Waals surface area contributed by atoms with Gasteiger partial charge in [0.1, 0.15) is 0 Å². The third-order valence-corrected chi connectivity index (χ3v) is 6.06. The number of nitriles is 1. The lowest BCUT2D eigenvalue weighted by Gasteiger charge is -2.39. The summed E-state index contributed by atoms with van der Waals surface area (Å²) in [4.78, 5) is 8.28. The summed E-state index contributed by atoms with van der Waals surface area (Å²) in [6.45, 7) is 2.69. The molecule has 2 N–H and O–H groups in total. The standard InChI is InChI=1S/C21H27N5S/c1-23-21(24-14-17-7-3-6-16(12-17)13-22)25-15-18-8-4-10-26(2)20(18)19-9-5-11-27-19/h3,5-7,9,11-12,18,20H,4,8,10,14-15H2,1-2H3,(H2,23,24,25). The highest BCUT2D eigenvalue weighted by Crippen LogP contribution is 2.36. The number of rotatable bonds is 5. The lowest BCUT2D eigenvalue weighted by molar-refractivity contribution is 0.125. The second kappa shape index (κ2) is 9.54. The second-order valence-electron chi connectivity index (χ2n) is 6.96. The third kappa shape index (κ3) is 5.09. The minimum Gasteiger partial charge on any atom is -0.356 e. The van der Waals surface area contributed by atoms with Crippen LogP contribution in [0.4, 0.5) is 0 Å². The number of benzene rings is 1. The fraction of sp³-hybridized carbons (Fsp3) is 0.429. The van der Waals surface area contributed by atoms with E-state index in [0.717, 1.165) is 24.6 Å². The maximum atomic E-state index is 9.03. The highest BCUT2D eigenvalue weighted by Gasteiger charge is 2.31. The van der Waals surface area contributed by atoms with Crippen LogP contribution in [-0.4, -0.2) is 38.0 Å². The van der Waals surface area contributed by atoms with Gasteiger partial charge in [0.15, 0.2) is 5.96 Å². The van der Waals surface area contributed by atoms with E-state index >= 15 is 0 Å². The maximum absolute atomic E-state index is 9.03. The summed E-state index contributed by atoms with van der Waals surface area (Å²) in [6, 6.07) is 14.7. The SMILES string of the molecule is CN=C(NCc1cccc(C#N)c1)NCC1CCCN(C)C1c1cccs1. The van der Waals surface area contributed by atoms with Crippen LogP contribution in [0.1, 0.15) is 34.9 Å². The predicted octanol–water partition coefficient (Wildman–Crippen LogP) is 3.37. The summed E-state index contributed by atoms with van der Waals surface area (Å²) >= 11 is 1.85. The molecule has 1 aliphatic rings. The largest absolute Gasteiger partial charge is 0.356 e. The Morgan fingerprint density at radius 2 is 2.22 bits per heavy atom. The fourth-order valence-electron chi connectivity index (χ4n) is 3.77. The molecule has 2 unspecified atom stereocenters. The van der Waals surface area contributed by atoms with E-state index in [9.17, 15) is 0 Å². The van der Waals surface area contributed by atoms with Crippen molar-refractivity contribution in [1.29, 1.82) is 5.26 Å². The van der Waals surface area contributed by atoms with Crippen molar-refractivity contribution < 1.29 is 0 Å². The van der Waals surface area contributed by atoms with Crippen LogP contribution in [0.2, 0.25) is 0 Å². The highest BCUT2D eigenvalue weighted by molar-refractivity contribution is 7.10. The average Bonchev–Trinajstić information content (AvgIpc) is 3.22. The molecule has 0 radical (unpaired) electrons. The first kappa shape index (κ1) is 19.4. The first-order chi connectivity index (χ1) is 13.2. The monoisotopic (exact) mass is 381 g/mol. The Bertz CT molecular complexity index is 793. The number of hydrogen-bond acceptors (Lipinski definition) is 4. The maximum Gasteiger partial charge on any atom is 0.191 e. The predicted molar refractivity (Wildman–Crippen MR) is 112 cm³/mol. The van der Waals surface area contributed by atoms with E-state index in [-0.39, 0.29) is 0 Å². The summed E-state index contributed by atoms with van der Waals surface area (Å²) in [5.41, 5.74) is 1.76. The molecule has 5 nitrogen and oxygen atoms in total. The molecule has 1 fully saturated rings. The van der Waals surface area contributed by atoms with Crippen molar-refractivity contribution in [3.8, 4) is 6.07 Å². The van der Waals surface area contributed by atoms with E-state index in [0.29, 0.717) is 24.1 Å². The molecule has 0 amide bonds. The van der Waals surface area contributed by atoms with Gasteiger partial charge in [-0.25, -0.2) is 0 Å². The molecule has 1 saturated heterocycles. The summed E-state index contributed by atoms with van der Waals surface area (Å²) in [7, 11) is 4.02. The van der Waals surface area contributed by atoms with Crippen molar-refractivity contribution >= 4 is 17.3 Å². The lowest BCUT2D eigenvalue weighted by atomic mass is 9.88. The van der Waals surface area contributed by atoms with E-state index in [4.69, 9.17) is 5.26 Å². The van der Waals surface area contributed by atoms with Crippen molar-refractivity contribution in [2.24, 2.45) is 10.9 Å². The Morgan fingerprint density at radius 3 is 2.96 bits per heavy atom. The van der Waals surface area contributed by atoms with E-state index in [1.807, 2.05) is 35.6 Å². The fourth-order valence-corrected chi connectivity index (χ4v) is 4.75. The molecule has 27 heavy (non-hydrogen) atoms. The summed E-state index contributed by atoms with van der Waals surface area (Å²) in [5.74, 6) is 1.36. The van der Waals surface area contributed by atoms with Crippen molar-refractivity contribution in [3.05, 3.63) is 57.8 Å². The summed E-state index contributed by atoms with van der Waals surface area (Å²) in [6.07, 6.45) is 2.46. The molecule has 0 saturated carbocycles. The van der Waals surface area contributed by atoms with Crippen LogP contribution in [0.15, 0.2) is 46.8 Å². The van der Waals surface area contributed by atoms with Gasteiger partial charge in [-0.3, -0.25) is 9.89 Å². The molecule has 1 aliphatic heterocycles. The molecule has 2 aromatic rings. The minimum absolute atomic E-state index is 0.469. The van der Waals surface area contributed by atoms with Gasteiger partial charge in [-0.2, -0.15) is 5.26 Å². The number of guanidine groups is 1. The number of nitrogens with one attached hydrogen (secondary N) is 2. The zero-order valence-electron chi connectivity index (χ0n) is 16.0. The Labute approximate surface area is 165 Å². The van der Waals surface area contributed by atoms with Crippen LogP contribution in [0.5, 0.6) is 0 Å². The van der Waals surface area contributed by atoms with Gasteiger partial charge in [-0.15, -0.1) is 11.3 Å². The molecule has 3 rings (SSSR count). The van der Waals surface area contributed by atoms with Crippen LogP contribution in [0.25, 0.3) is 0 Å². The van der Waals surface area contributed by atoms with Gasteiger partial charge < -0.3 is 10.6 Å². The van der Waals surface area contributed by atoms with Crippen LogP contribution < -0.4 is 10.6 Å². The number of nitrogens with zero attached hydrogens (tertiary/aromatic N) is 3. The van der Waals surface area contributed by atoms with Gasteiger partial charge >= 0.3 is 0 Å². The first-order valence-corrected chi connectivity index (χ1v) is 10.3. The summed E-state index contributed by atoms with van der Waals surface area (Å²) < 4.78 is 0. The highest BCUT2D eigenvalue weighted by atomic mass is 32.1. The zero-order valence-corrected chi connectivity index (χ0v) is 16.8. The normalized spacial score (nSPS) is 20.9. The number of hydrogen-bond donors (Lipinski definition) is 2. The molecule has 142 valence electrons. The van der Waals surface area contributed by atoms with Crippen molar-refractivity contribution in [1.82, 2.24) is 15.5 Å². The minimum atomic E-state index is 0.469. The topological polar surface area (TPSA) is 63.5 Å².